The molecule has 0 aliphatic heterocycles. The second kappa shape index (κ2) is 8.00. The molecule has 8 heteroatoms. The Balaban J connectivity index is 2.03. The average Bonchev–Trinajstić information content (AvgIpc) is 2.90. The van der Waals surface area contributed by atoms with Crippen molar-refractivity contribution in [3.05, 3.63) is 17.5 Å². The quantitative estimate of drug-likeness (QED) is 0.831. The maximum atomic E-state index is 13.0. The van der Waals surface area contributed by atoms with Crippen molar-refractivity contribution in [1.29, 1.82) is 0 Å². The van der Waals surface area contributed by atoms with Crippen LogP contribution in [0.15, 0.2) is 6.20 Å². The number of alkyl halides is 3. The summed E-state index contributed by atoms with van der Waals surface area (Å²) in [5.74, 6) is 0.0601. The third kappa shape index (κ3) is 4.96. The van der Waals surface area contributed by atoms with E-state index < -0.39 is 11.9 Å². The topological polar surface area (TPSA) is 67.2 Å². The van der Waals surface area contributed by atoms with Gasteiger partial charge in [-0.25, -0.2) is 0 Å². The highest BCUT2D eigenvalue weighted by atomic mass is 19.4. The van der Waals surface area contributed by atoms with E-state index in [0.29, 0.717) is 5.92 Å². The number of carbonyl (C=O) groups is 1. The van der Waals surface area contributed by atoms with Gasteiger partial charge < -0.3 is 10.4 Å². The highest BCUT2D eigenvalue weighted by molar-refractivity contribution is 5.76. The summed E-state index contributed by atoms with van der Waals surface area (Å²) in [6, 6.07) is 0.0813. The molecule has 1 saturated carbocycles. The minimum atomic E-state index is -4.57. The van der Waals surface area contributed by atoms with Crippen LogP contribution < -0.4 is 5.32 Å². The van der Waals surface area contributed by atoms with Crippen molar-refractivity contribution >= 4 is 5.91 Å². The maximum absolute atomic E-state index is 13.0. The number of rotatable bonds is 6. The van der Waals surface area contributed by atoms with Gasteiger partial charge in [-0.15, -0.1) is 0 Å². The summed E-state index contributed by atoms with van der Waals surface area (Å²) in [6.45, 7) is 1.65. The number of nitrogens with one attached hydrogen (secondary N) is 1. The van der Waals surface area contributed by atoms with E-state index in [2.05, 4.69) is 17.3 Å². The lowest BCUT2D eigenvalue weighted by atomic mass is 9.86. The SMILES string of the molecule is CC1CCCCC1NC(=O)Cn1cc(CCCO)c(C(F)(F)F)n1. The van der Waals surface area contributed by atoms with Gasteiger partial charge in [0, 0.05) is 24.4 Å². The lowest BCUT2D eigenvalue weighted by Gasteiger charge is -2.29. The molecule has 2 rings (SSSR count). The molecule has 5 nitrogen and oxygen atoms in total. The predicted molar refractivity (Wildman–Crippen MR) is 82.2 cm³/mol. The zero-order valence-corrected chi connectivity index (χ0v) is 13.8. The van der Waals surface area contributed by atoms with Crippen LogP contribution in [0, 0.1) is 5.92 Å². The Hall–Kier alpha value is -1.57. The minimum absolute atomic E-state index is 0.00962. The monoisotopic (exact) mass is 347 g/mol. The van der Waals surface area contributed by atoms with Crippen molar-refractivity contribution in [1.82, 2.24) is 15.1 Å². The van der Waals surface area contributed by atoms with Crippen LogP contribution in [0.5, 0.6) is 0 Å². The van der Waals surface area contributed by atoms with Gasteiger partial charge in [0.1, 0.15) is 6.54 Å². The Morgan fingerprint density at radius 3 is 2.75 bits per heavy atom. The highest BCUT2D eigenvalue weighted by Gasteiger charge is 2.37. The molecule has 1 aromatic heterocycles. The number of hydrogen-bond acceptors (Lipinski definition) is 3. The molecular weight excluding hydrogens is 323 g/mol. The molecule has 0 saturated heterocycles. The van der Waals surface area contributed by atoms with E-state index >= 15 is 0 Å². The standard InChI is InChI=1S/C16H24F3N3O2/c1-11-5-2-3-7-13(11)20-14(24)10-22-9-12(6-4-8-23)15(21-22)16(17,18)19/h9,11,13,23H,2-8,10H2,1H3,(H,20,24). The van der Waals surface area contributed by atoms with Gasteiger partial charge in [0.25, 0.3) is 0 Å². The number of amides is 1. The molecule has 2 unspecified atom stereocenters. The van der Waals surface area contributed by atoms with Crippen LogP contribution >= 0.6 is 0 Å². The van der Waals surface area contributed by atoms with Crippen molar-refractivity contribution < 1.29 is 23.1 Å². The Labute approximate surface area is 139 Å². The summed E-state index contributed by atoms with van der Waals surface area (Å²) in [5, 5.41) is 15.3. The van der Waals surface area contributed by atoms with E-state index in [1.165, 1.54) is 6.20 Å². The highest BCUT2D eigenvalue weighted by Crippen LogP contribution is 2.31. The number of aliphatic hydroxyl groups excluding tert-OH is 1. The van der Waals surface area contributed by atoms with E-state index in [1.807, 2.05) is 0 Å². The molecule has 1 heterocycles. The molecule has 1 aliphatic carbocycles. The van der Waals surface area contributed by atoms with Crippen molar-refractivity contribution in [3.63, 3.8) is 0 Å². The number of carbonyl (C=O) groups excluding carboxylic acids is 1. The van der Waals surface area contributed by atoms with Crippen LogP contribution in [0.1, 0.15) is 50.3 Å². The molecule has 1 aromatic rings. The summed E-state index contributed by atoms with van der Waals surface area (Å²) >= 11 is 0. The second-order valence-electron chi connectivity index (χ2n) is 6.46. The van der Waals surface area contributed by atoms with Gasteiger partial charge in [0.05, 0.1) is 0 Å². The molecule has 1 fully saturated rings. The first kappa shape index (κ1) is 18.8. The van der Waals surface area contributed by atoms with Gasteiger partial charge in [-0.05, 0) is 31.6 Å². The maximum Gasteiger partial charge on any atom is 0.435 e. The number of aromatic nitrogens is 2. The van der Waals surface area contributed by atoms with Crippen LogP contribution in [0.3, 0.4) is 0 Å². The second-order valence-corrected chi connectivity index (χ2v) is 6.46. The zero-order valence-electron chi connectivity index (χ0n) is 13.8. The van der Waals surface area contributed by atoms with Crippen molar-refractivity contribution in [3.8, 4) is 0 Å². The Bertz CT molecular complexity index is 557. The third-order valence-electron chi connectivity index (χ3n) is 4.47. The van der Waals surface area contributed by atoms with E-state index in [9.17, 15) is 18.0 Å². The fourth-order valence-corrected chi connectivity index (χ4v) is 3.17. The fourth-order valence-electron chi connectivity index (χ4n) is 3.17. The summed E-state index contributed by atoms with van der Waals surface area (Å²) in [6.07, 6.45) is 1.15. The number of nitrogens with zero attached hydrogens (tertiary/aromatic N) is 2. The molecule has 24 heavy (non-hydrogen) atoms. The average molecular weight is 347 g/mol. The Morgan fingerprint density at radius 2 is 2.12 bits per heavy atom. The minimum Gasteiger partial charge on any atom is -0.396 e. The van der Waals surface area contributed by atoms with Gasteiger partial charge in [-0.3, -0.25) is 9.48 Å². The Kier molecular flexibility index (Phi) is 6.26. The number of aryl methyl sites for hydroxylation is 1. The van der Waals surface area contributed by atoms with Gasteiger partial charge >= 0.3 is 6.18 Å². The van der Waals surface area contributed by atoms with Gasteiger partial charge in [-0.2, -0.15) is 18.3 Å². The van der Waals surface area contributed by atoms with Crippen LogP contribution in [-0.2, 0) is 23.9 Å². The van der Waals surface area contributed by atoms with E-state index in [0.717, 1.165) is 30.4 Å². The van der Waals surface area contributed by atoms with Gasteiger partial charge in [0.15, 0.2) is 5.69 Å². The van der Waals surface area contributed by atoms with E-state index in [4.69, 9.17) is 5.11 Å². The molecule has 0 bridgehead atoms. The summed E-state index contributed by atoms with van der Waals surface area (Å²) in [7, 11) is 0. The normalized spacial score (nSPS) is 21.7. The first-order valence-corrected chi connectivity index (χ1v) is 8.35. The molecule has 136 valence electrons. The summed E-state index contributed by atoms with van der Waals surface area (Å²) in [4.78, 5) is 12.1. The van der Waals surface area contributed by atoms with Gasteiger partial charge in [0.2, 0.25) is 5.91 Å². The number of hydrogen-bond donors (Lipinski definition) is 2. The third-order valence-corrected chi connectivity index (χ3v) is 4.47. The lowest BCUT2D eigenvalue weighted by molar-refractivity contribution is -0.142. The fraction of sp³-hybridized carbons (Fsp3) is 0.750. The molecular formula is C16H24F3N3O2. The molecule has 2 N–H and O–H groups in total. The lowest BCUT2D eigenvalue weighted by Crippen LogP contribution is -2.42. The van der Waals surface area contributed by atoms with Crippen molar-refractivity contribution in [2.24, 2.45) is 5.92 Å². The van der Waals surface area contributed by atoms with E-state index in [1.54, 1.807) is 0 Å². The molecule has 0 aromatic carbocycles. The molecule has 1 aliphatic rings. The number of aliphatic hydroxyl groups is 1. The first-order chi connectivity index (χ1) is 11.3. The smallest absolute Gasteiger partial charge is 0.396 e. The zero-order chi connectivity index (χ0) is 17.7. The largest absolute Gasteiger partial charge is 0.435 e. The van der Waals surface area contributed by atoms with Crippen LogP contribution in [0.2, 0.25) is 0 Å². The first-order valence-electron chi connectivity index (χ1n) is 8.35. The Morgan fingerprint density at radius 1 is 1.42 bits per heavy atom. The number of halogens is 3. The van der Waals surface area contributed by atoms with Crippen molar-refractivity contribution in [2.75, 3.05) is 6.61 Å². The predicted octanol–water partition coefficient (Wildman–Crippen LogP) is 2.52. The molecule has 2 atom stereocenters. The molecule has 0 radical (unpaired) electrons. The van der Waals surface area contributed by atoms with Crippen LogP contribution in [0.25, 0.3) is 0 Å². The molecule has 0 spiro atoms. The van der Waals surface area contributed by atoms with Crippen LogP contribution in [-0.4, -0.2) is 33.4 Å². The molecule has 1 amide bonds. The summed E-state index contributed by atoms with van der Waals surface area (Å²) in [5.41, 5.74) is -0.967. The van der Waals surface area contributed by atoms with E-state index in [-0.39, 0.29) is 43.5 Å². The van der Waals surface area contributed by atoms with Gasteiger partial charge in [-0.1, -0.05) is 19.8 Å². The summed E-state index contributed by atoms with van der Waals surface area (Å²) < 4.78 is 40.1. The van der Waals surface area contributed by atoms with Crippen molar-refractivity contribution in [2.45, 2.75) is 64.2 Å². The van der Waals surface area contributed by atoms with Crippen LogP contribution in [0.4, 0.5) is 13.2 Å².